The van der Waals surface area contributed by atoms with Gasteiger partial charge in [0.15, 0.2) is 0 Å². The number of carbonyl (C=O) groups excluding carboxylic acids is 1. The van der Waals surface area contributed by atoms with Gasteiger partial charge < -0.3 is 5.32 Å². The molecule has 0 atom stereocenters. The highest BCUT2D eigenvalue weighted by Crippen LogP contribution is 2.19. The van der Waals surface area contributed by atoms with Crippen LogP contribution < -0.4 is 5.32 Å². The monoisotopic (exact) mass is 340 g/mol. The molecule has 0 unspecified atom stereocenters. The Morgan fingerprint density at radius 1 is 0.960 bits per heavy atom. The van der Waals surface area contributed by atoms with E-state index in [1.165, 1.54) is 75.6 Å². The Kier molecular flexibility index (Phi) is 7.10. The first-order chi connectivity index (χ1) is 12.3. The molecule has 3 heteroatoms. The van der Waals surface area contributed by atoms with E-state index in [9.17, 15) is 4.79 Å². The molecule has 0 bridgehead atoms. The maximum atomic E-state index is 12.3. The van der Waals surface area contributed by atoms with Gasteiger partial charge in [-0.1, -0.05) is 36.6 Å². The summed E-state index contributed by atoms with van der Waals surface area (Å²) in [5.74, 6) is 0.0535. The Hall–Kier alpha value is -1.61. The largest absolute Gasteiger partial charge is 0.352 e. The lowest BCUT2D eigenvalue weighted by atomic mass is 9.97. The molecular formula is C22H32N2O. The molecule has 3 rings (SSSR count). The van der Waals surface area contributed by atoms with Gasteiger partial charge in [-0.3, -0.25) is 9.69 Å². The normalized spacial score (nSPS) is 19.1. The van der Waals surface area contributed by atoms with Crippen molar-refractivity contribution in [1.82, 2.24) is 10.2 Å². The molecule has 2 aliphatic rings. The van der Waals surface area contributed by atoms with Crippen LogP contribution in [-0.2, 0) is 6.54 Å². The second-order valence-electron chi connectivity index (χ2n) is 7.50. The molecule has 25 heavy (non-hydrogen) atoms. The quantitative estimate of drug-likeness (QED) is 0.762. The molecule has 0 spiro atoms. The number of rotatable bonds is 6. The number of allylic oxidation sites excluding steroid dienone is 1. The maximum Gasteiger partial charge on any atom is 0.251 e. The molecule has 1 aromatic rings. The molecule has 1 aliphatic heterocycles. The zero-order chi connectivity index (χ0) is 17.3. The van der Waals surface area contributed by atoms with Gasteiger partial charge in [0, 0.05) is 18.7 Å². The minimum absolute atomic E-state index is 0.0535. The van der Waals surface area contributed by atoms with Gasteiger partial charge >= 0.3 is 0 Å². The molecule has 1 saturated heterocycles. The molecule has 1 heterocycles. The number of benzene rings is 1. The van der Waals surface area contributed by atoms with E-state index < -0.39 is 0 Å². The molecule has 0 radical (unpaired) electrons. The van der Waals surface area contributed by atoms with Gasteiger partial charge in [-0.05, 0) is 75.7 Å². The van der Waals surface area contributed by atoms with E-state index in [-0.39, 0.29) is 5.91 Å². The fourth-order valence-electron chi connectivity index (χ4n) is 3.88. The third-order valence-electron chi connectivity index (χ3n) is 5.44. The zero-order valence-corrected chi connectivity index (χ0v) is 15.4. The van der Waals surface area contributed by atoms with Crippen LogP contribution in [0.2, 0.25) is 0 Å². The van der Waals surface area contributed by atoms with Crippen molar-refractivity contribution < 1.29 is 4.79 Å². The van der Waals surface area contributed by atoms with Crippen LogP contribution in [0.1, 0.15) is 73.7 Å². The van der Waals surface area contributed by atoms with Crippen molar-refractivity contribution >= 4 is 5.91 Å². The average molecular weight is 341 g/mol. The summed E-state index contributed by atoms with van der Waals surface area (Å²) in [7, 11) is 0. The molecular weight excluding hydrogens is 308 g/mol. The van der Waals surface area contributed by atoms with E-state index in [1.807, 2.05) is 12.1 Å². The van der Waals surface area contributed by atoms with Crippen molar-refractivity contribution in [3.8, 4) is 0 Å². The summed E-state index contributed by atoms with van der Waals surface area (Å²) in [6.45, 7) is 4.17. The highest BCUT2D eigenvalue weighted by molar-refractivity contribution is 5.94. The van der Waals surface area contributed by atoms with Crippen LogP contribution in [0.15, 0.2) is 35.9 Å². The van der Waals surface area contributed by atoms with Crippen LogP contribution in [-0.4, -0.2) is 30.4 Å². The Morgan fingerprint density at radius 2 is 1.72 bits per heavy atom. The Labute approximate surface area is 152 Å². The van der Waals surface area contributed by atoms with Crippen molar-refractivity contribution in [1.29, 1.82) is 0 Å². The summed E-state index contributed by atoms with van der Waals surface area (Å²) >= 11 is 0. The Balaban J connectivity index is 1.44. The summed E-state index contributed by atoms with van der Waals surface area (Å²) in [5, 5.41) is 3.07. The van der Waals surface area contributed by atoms with Gasteiger partial charge in [0.25, 0.3) is 5.91 Å². The highest BCUT2D eigenvalue weighted by atomic mass is 16.1. The smallest absolute Gasteiger partial charge is 0.251 e. The number of carbonyl (C=O) groups is 1. The molecule has 136 valence electrons. The number of hydrogen-bond donors (Lipinski definition) is 1. The molecule has 1 aliphatic carbocycles. The second kappa shape index (κ2) is 9.76. The lowest BCUT2D eigenvalue weighted by Gasteiger charge is -2.19. The number of amides is 1. The molecule has 1 N–H and O–H groups in total. The summed E-state index contributed by atoms with van der Waals surface area (Å²) < 4.78 is 0. The van der Waals surface area contributed by atoms with Crippen molar-refractivity contribution in [2.75, 3.05) is 19.6 Å². The standard InChI is InChI=1S/C22H32N2O/c25-22(23-15-14-19-8-4-3-5-9-19)21-12-10-20(11-13-21)18-24-16-6-1-2-7-17-24/h8,10-13H,1-7,9,14-18H2,(H,23,25). The topological polar surface area (TPSA) is 32.3 Å². The van der Waals surface area contributed by atoms with Crippen molar-refractivity contribution in [2.24, 2.45) is 0 Å². The lowest BCUT2D eigenvalue weighted by Crippen LogP contribution is -2.25. The summed E-state index contributed by atoms with van der Waals surface area (Å²) in [5.41, 5.74) is 3.60. The first kappa shape index (κ1) is 18.2. The van der Waals surface area contributed by atoms with Crippen LogP contribution in [0.3, 0.4) is 0 Å². The predicted octanol–water partition coefficient (Wildman–Crippen LogP) is 4.68. The summed E-state index contributed by atoms with van der Waals surface area (Å²) in [4.78, 5) is 14.8. The predicted molar refractivity (Wildman–Crippen MR) is 104 cm³/mol. The minimum atomic E-state index is 0.0535. The Bertz CT molecular complexity index is 568. The zero-order valence-electron chi connectivity index (χ0n) is 15.4. The van der Waals surface area contributed by atoms with E-state index in [1.54, 1.807) is 0 Å². The molecule has 1 amide bonds. The van der Waals surface area contributed by atoms with E-state index in [4.69, 9.17) is 0 Å². The van der Waals surface area contributed by atoms with Crippen molar-refractivity contribution in [3.05, 3.63) is 47.0 Å². The van der Waals surface area contributed by atoms with Gasteiger partial charge in [-0.15, -0.1) is 0 Å². The number of hydrogen-bond acceptors (Lipinski definition) is 2. The molecule has 0 aromatic heterocycles. The first-order valence-corrected chi connectivity index (χ1v) is 10.1. The van der Waals surface area contributed by atoms with E-state index >= 15 is 0 Å². The van der Waals surface area contributed by atoms with E-state index in [2.05, 4.69) is 28.4 Å². The van der Waals surface area contributed by atoms with Gasteiger partial charge in [0.2, 0.25) is 0 Å². The second-order valence-corrected chi connectivity index (χ2v) is 7.50. The lowest BCUT2D eigenvalue weighted by molar-refractivity contribution is 0.0954. The molecule has 1 aromatic carbocycles. The SMILES string of the molecule is O=C(NCCC1=CCCCC1)c1ccc(CN2CCCCCC2)cc1. The van der Waals surface area contributed by atoms with Crippen molar-refractivity contribution in [3.63, 3.8) is 0 Å². The summed E-state index contributed by atoms with van der Waals surface area (Å²) in [6, 6.07) is 8.18. The van der Waals surface area contributed by atoms with Gasteiger partial charge in [-0.2, -0.15) is 0 Å². The fourth-order valence-corrected chi connectivity index (χ4v) is 3.88. The average Bonchev–Trinajstić information content (AvgIpc) is 2.92. The van der Waals surface area contributed by atoms with Gasteiger partial charge in [0.05, 0.1) is 0 Å². The first-order valence-electron chi connectivity index (χ1n) is 10.1. The van der Waals surface area contributed by atoms with Crippen LogP contribution >= 0.6 is 0 Å². The van der Waals surface area contributed by atoms with E-state index in [0.717, 1.165) is 25.1 Å². The van der Waals surface area contributed by atoms with Crippen LogP contribution in [0, 0.1) is 0 Å². The van der Waals surface area contributed by atoms with Crippen LogP contribution in [0.4, 0.5) is 0 Å². The molecule has 3 nitrogen and oxygen atoms in total. The third-order valence-corrected chi connectivity index (χ3v) is 5.44. The number of nitrogens with zero attached hydrogens (tertiary/aromatic N) is 1. The fraction of sp³-hybridized carbons (Fsp3) is 0.591. The van der Waals surface area contributed by atoms with Gasteiger partial charge in [0.1, 0.15) is 0 Å². The summed E-state index contributed by atoms with van der Waals surface area (Å²) in [6.07, 6.45) is 13.8. The Morgan fingerprint density at radius 3 is 2.40 bits per heavy atom. The molecule has 0 saturated carbocycles. The van der Waals surface area contributed by atoms with E-state index in [0.29, 0.717) is 0 Å². The van der Waals surface area contributed by atoms with Crippen LogP contribution in [0.25, 0.3) is 0 Å². The highest BCUT2D eigenvalue weighted by Gasteiger charge is 2.11. The number of likely N-dealkylation sites (tertiary alicyclic amines) is 1. The molecule has 1 fully saturated rings. The third kappa shape index (κ3) is 6.00. The van der Waals surface area contributed by atoms with Crippen molar-refractivity contribution in [2.45, 2.75) is 64.3 Å². The van der Waals surface area contributed by atoms with Crippen LogP contribution in [0.5, 0.6) is 0 Å². The van der Waals surface area contributed by atoms with Gasteiger partial charge in [-0.25, -0.2) is 0 Å². The maximum absolute atomic E-state index is 12.3. The minimum Gasteiger partial charge on any atom is -0.352 e. The number of nitrogens with one attached hydrogen (secondary N) is 1.